The van der Waals surface area contributed by atoms with Gasteiger partial charge < -0.3 is 4.74 Å². The molecule has 0 N–H and O–H groups in total. The number of hydrogen-bond donors (Lipinski definition) is 0. The molecule has 1 aliphatic carbocycles. The second-order valence-electron chi connectivity index (χ2n) is 4.78. The third-order valence-corrected chi connectivity index (χ3v) is 4.52. The van der Waals surface area contributed by atoms with Crippen LogP contribution in [0.4, 0.5) is 0 Å². The zero-order valence-electron chi connectivity index (χ0n) is 10.8. The van der Waals surface area contributed by atoms with Crippen LogP contribution in [-0.4, -0.2) is 12.9 Å². The van der Waals surface area contributed by atoms with Crippen LogP contribution in [0.1, 0.15) is 36.0 Å². The molecule has 19 heavy (non-hydrogen) atoms. The van der Waals surface area contributed by atoms with Gasteiger partial charge in [0.05, 0.1) is 12.1 Å². The lowest BCUT2D eigenvalue weighted by Crippen LogP contribution is -2.10. The fourth-order valence-corrected chi connectivity index (χ4v) is 2.98. The van der Waals surface area contributed by atoms with Gasteiger partial charge in [0, 0.05) is 5.56 Å². The maximum absolute atomic E-state index is 12.4. The molecule has 0 spiro atoms. The molecule has 4 heteroatoms. The lowest BCUT2D eigenvalue weighted by atomic mass is 9.92. The van der Waals surface area contributed by atoms with Crippen molar-refractivity contribution in [1.29, 1.82) is 0 Å². The summed E-state index contributed by atoms with van der Waals surface area (Å²) < 4.78 is 5.07. The minimum atomic E-state index is -0.110. The van der Waals surface area contributed by atoms with Crippen molar-refractivity contribution in [3.8, 4) is 5.75 Å². The highest BCUT2D eigenvalue weighted by molar-refractivity contribution is 6.45. The van der Waals surface area contributed by atoms with E-state index in [1.165, 1.54) is 7.11 Å². The molecule has 0 bridgehead atoms. The Balaban J connectivity index is 2.28. The van der Waals surface area contributed by atoms with Crippen molar-refractivity contribution in [3.63, 3.8) is 0 Å². The SMILES string of the molecule is C=C(C(=O)c1ccc(OC)c(Cl)c1Cl)C1CCCC1. The van der Waals surface area contributed by atoms with Crippen LogP contribution < -0.4 is 4.74 Å². The Kier molecular flexibility index (Phi) is 4.54. The summed E-state index contributed by atoms with van der Waals surface area (Å²) >= 11 is 12.2. The van der Waals surface area contributed by atoms with E-state index in [4.69, 9.17) is 27.9 Å². The van der Waals surface area contributed by atoms with Crippen molar-refractivity contribution in [3.05, 3.63) is 39.9 Å². The molecule has 2 rings (SSSR count). The van der Waals surface area contributed by atoms with Gasteiger partial charge in [-0.25, -0.2) is 0 Å². The molecule has 0 saturated heterocycles. The predicted molar refractivity (Wildman–Crippen MR) is 78.4 cm³/mol. The predicted octanol–water partition coefficient (Wildman–Crippen LogP) is 4.93. The van der Waals surface area contributed by atoms with Crippen molar-refractivity contribution in [1.82, 2.24) is 0 Å². The van der Waals surface area contributed by atoms with Crippen LogP contribution in [0, 0.1) is 5.92 Å². The monoisotopic (exact) mass is 298 g/mol. The number of ketones is 1. The van der Waals surface area contributed by atoms with E-state index in [0.717, 1.165) is 25.7 Å². The lowest BCUT2D eigenvalue weighted by Gasteiger charge is -2.14. The van der Waals surface area contributed by atoms with Crippen molar-refractivity contribution >= 4 is 29.0 Å². The molecule has 0 heterocycles. The van der Waals surface area contributed by atoms with Crippen LogP contribution in [0.5, 0.6) is 5.75 Å². The zero-order chi connectivity index (χ0) is 14.0. The van der Waals surface area contributed by atoms with Crippen molar-refractivity contribution in [2.45, 2.75) is 25.7 Å². The molecule has 1 aliphatic rings. The fourth-order valence-electron chi connectivity index (χ4n) is 2.50. The minimum Gasteiger partial charge on any atom is -0.495 e. The van der Waals surface area contributed by atoms with E-state index in [1.54, 1.807) is 12.1 Å². The molecule has 1 aromatic carbocycles. The number of allylic oxidation sites excluding steroid dienone is 1. The number of carbonyl (C=O) groups excluding carboxylic acids is 1. The number of Topliss-reactive ketones (excluding diaryl/α,β-unsaturated/α-hetero) is 1. The number of ether oxygens (including phenoxy) is 1. The maximum atomic E-state index is 12.4. The van der Waals surface area contributed by atoms with Crippen LogP contribution in [0.3, 0.4) is 0 Å². The Morgan fingerprint density at radius 3 is 2.47 bits per heavy atom. The number of benzene rings is 1. The number of carbonyl (C=O) groups is 1. The summed E-state index contributed by atoms with van der Waals surface area (Å²) in [7, 11) is 1.51. The molecule has 0 atom stereocenters. The third-order valence-electron chi connectivity index (χ3n) is 3.65. The van der Waals surface area contributed by atoms with E-state index < -0.39 is 0 Å². The summed E-state index contributed by atoms with van der Waals surface area (Å²) in [6.07, 6.45) is 4.39. The second-order valence-corrected chi connectivity index (χ2v) is 5.54. The van der Waals surface area contributed by atoms with Crippen LogP contribution >= 0.6 is 23.2 Å². The highest BCUT2D eigenvalue weighted by Crippen LogP contribution is 2.37. The summed E-state index contributed by atoms with van der Waals surface area (Å²) in [5.41, 5.74) is 1.05. The summed E-state index contributed by atoms with van der Waals surface area (Å²) in [5, 5.41) is 0.513. The van der Waals surface area contributed by atoms with Gasteiger partial charge in [0.15, 0.2) is 5.78 Å². The van der Waals surface area contributed by atoms with Crippen molar-refractivity contribution in [2.24, 2.45) is 5.92 Å². The van der Waals surface area contributed by atoms with E-state index >= 15 is 0 Å². The Hall–Kier alpha value is -0.990. The summed E-state index contributed by atoms with van der Waals surface area (Å²) in [4.78, 5) is 12.4. The van der Waals surface area contributed by atoms with Gasteiger partial charge in [-0.1, -0.05) is 42.6 Å². The molecule has 0 unspecified atom stereocenters. The van der Waals surface area contributed by atoms with Gasteiger partial charge in [-0.3, -0.25) is 4.79 Å². The molecule has 0 radical (unpaired) electrons. The van der Waals surface area contributed by atoms with Gasteiger partial charge in [0.2, 0.25) is 0 Å². The Labute approximate surface area is 123 Å². The Morgan fingerprint density at radius 1 is 1.26 bits per heavy atom. The first-order chi connectivity index (χ1) is 9.06. The first-order valence-electron chi connectivity index (χ1n) is 6.31. The standard InChI is InChI=1S/C15H16Cl2O2/c1-9(10-5-3-4-6-10)15(18)11-7-8-12(19-2)14(17)13(11)16/h7-8,10H,1,3-6H2,2H3. The molecule has 0 aromatic heterocycles. The minimum absolute atomic E-state index is 0.110. The molecular weight excluding hydrogens is 283 g/mol. The van der Waals surface area contributed by atoms with E-state index in [-0.39, 0.29) is 21.7 Å². The number of hydrogen-bond acceptors (Lipinski definition) is 2. The topological polar surface area (TPSA) is 26.3 Å². The molecule has 2 nitrogen and oxygen atoms in total. The van der Waals surface area contributed by atoms with Crippen LogP contribution in [-0.2, 0) is 0 Å². The first kappa shape index (κ1) is 14.4. The van der Waals surface area contributed by atoms with Gasteiger partial charge in [0.25, 0.3) is 0 Å². The average Bonchev–Trinajstić information content (AvgIpc) is 2.94. The van der Waals surface area contributed by atoms with Crippen molar-refractivity contribution < 1.29 is 9.53 Å². The Bertz CT molecular complexity index is 517. The van der Waals surface area contributed by atoms with Crippen LogP contribution in [0.15, 0.2) is 24.3 Å². The zero-order valence-corrected chi connectivity index (χ0v) is 12.4. The Morgan fingerprint density at radius 2 is 1.89 bits per heavy atom. The molecule has 0 amide bonds. The fraction of sp³-hybridized carbons (Fsp3) is 0.400. The van der Waals surface area contributed by atoms with Gasteiger partial charge in [0.1, 0.15) is 10.8 Å². The summed E-state index contributed by atoms with van der Waals surface area (Å²) in [5.74, 6) is 0.639. The molecular formula is C15H16Cl2O2. The molecule has 1 fully saturated rings. The lowest BCUT2D eigenvalue weighted by molar-refractivity contribution is 0.102. The normalized spacial score (nSPS) is 15.5. The first-order valence-corrected chi connectivity index (χ1v) is 7.07. The van der Waals surface area contributed by atoms with Gasteiger partial charge in [-0.05, 0) is 36.5 Å². The van der Waals surface area contributed by atoms with Crippen molar-refractivity contribution in [2.75, 3.05) is 7.11 Å². The molecule has 0 aliphatic heterocycles. The van der Waals surface area contributed by atoms with E-state index in [0.29, 0.717) is 16.9 Å². The molecule has 1 aromatic rings. The highest BCUT2D eigenvalue weighted by Gasteiger charge is 2.25. The van der Waals surface area contributed by atoms with E-state index in [9.17, 15) is 4.79 Å². The second kappa shape index (κ2) is 5.98. The molecule has 1 saturated carbocycles. The van der Waals surface area contributed by atoms with E-state index in [2.05, 4.69) is 6.58 Å². The highest BCUT2D eigenvalue weighted by atomic mass is 35.5. The summed E-state index contributed by atoms with van der Waals surface area (Å²) in [6.45, 7) is 3.94. The van der Waals surface area contributed by atoms with Gasteiger partial charge in [-0.15, -0.1) is 0 Å². The maximum Gasteiger partial charge on any atom is 0.190 e. The summed E-state index contributed by atoms with van der Waals surface area (Å²) in [6, 6.07) is 3.30. The molecule has 102 valence electrons. The number of rotatable bonds is 4. The smallest absolute Gasteiger partial charge is 0.190 e. The van der Waals surface area contributed by atoms with Gasteiger partial charge >= 0.3 is 0 Å². The van der Waals surface area contributed by atoms with Crippen LogP contribution in [0.2, 0.25) is 10.0 Å². The number of halogens is 2. The quantitative estimate of drug-likeness (QED) is 0.582. The largest absolute Gasteiger partial charge is 0.495 e. The third kappa shape index (κ3) is 2.80. The van der Waals surface area contributed by atoms with Crippen LogP contribution in [0.25, 0.3) is 0 Å². The van der Waals surface area contributed by atoms with Gasteiger partial charge in [-0.2, -0.15) is 0 Å². The average molecular weight is 299 g/mol. The number of methoxy groups -OCH3 is 1. The van der Waals surface area contributed by atoms with E-state index in [1.807, 2.05) is 0 Å².